The van der Waals surface area contributed by atoms with Gasteiger partial charge in [0.1, 0.15) is 0 Å². The SMILES string of the molecule is CC.O=C(O)c1ccncc1NCC1CCSc2ccccc21. The lowest BCUT2D eigenvalue weighted by Crippen LogP contribution is -2.18. The van der Waals surface area contributed by atoms with E-state index in [1.807, 2.05) is 25.6 Å². The highest BCUT2D eigenvalue weighted by atomic mass is 32.2. The van der Waals surface area contributed by atoms with Crippen LogP contribution in [-0.2, 0) is 0 Å². The van der Waals surface area contributed by atoms with Crippen LogP contribution in [0.5, 0.6) is 0 Å². The normalized spacial score (nSPS) is 15.8. The van der Waals surface area contributed by atoms with Gasteiger partial charge in [0.25, 0.3) is 0 Å². The van der Waals surface area contributed by atoms with Crippen LogP contribution in [0.3, 0.4) is 0 Å². The number of hydrogen-bond acceptors (Lipinski definition) is 4. The molecule has 1 aliphatic rings. The number of aromatic nitrogens is 1. The third kappa shape index (κ3) is 4.26. The molecular weight excluding hydrogens is 308 g/mol. The van der Waals surface area contributed by atoms with Crippen LogP contribution in [0.25, 0.3) is 0 Å². The van der Waals surface area contributed by atoms with E-state index < -0.39 is 5.97 Å². The number of benzene rings is 1. The lowest BCUT2D eigenvalue weighted by molar-refractivity contribution is 0.0698. The molecule has 1 aromatic carbocycles. The molecule has 0 fully saturated rings. The summed E-state index contributed by atoms with van der Waals surface area (Å²) in [6.45, 7) is 4.73. The zero-order valence-electron chi connectivity index (χ0n) is 13.5. The Morgan fingerprint density at radius 2 is 2.13 bits per heavy atom. The van der Waals surface area contributed by atoms with Gasteiger partial charge in [-0.3, -0.25) is 4.98 Å². The van der Waals surface area contributed by atoms with Gasteiger partial charge in [-0.15, -0.1) is 11.8 Å². The van der Waals surface area contributed by atoms with Crippen LogP contribution in [0.4, 0.5) is 5.69 Å². The number of pyridine rings is 1. The molecule has 0 aliphatic carbocycles. The molecule has 122 valence electrons. The average molecular weight is 330 g/mol. The first-order valence-electron chi connectivity index (χ1n) is 7.88. The molecule has 1 aliphatic heterocycles. The molecule has 0 spiro atoms. The molecule has 23 heavy (non-hydrogen) atoms. The molecule has 0 saturated heterocycles. The van der Waals surface area contributed by atoms with Crippen molar-refractivity contribution in [3.05, 3.63) is 53.9 Å². The van der Waals surface area contributed by atoms with Gasteiger partial charge in [0.15, 0.2) is 0 Å². The topological polar surface area (TPSA) is 62.2 Å². The van der Waals surface area contributed by atoms with Crippen molar-refractivity contribution in [2.24, 2.45) is 0 Å². The van der Waals surface area contributed by atoms with Crippen molar-refractivity contribution < 1.29 is 9.90 Å². The predicted octanol–water partition coefficient (Wildman–Crippen LogP) is 4.50. The van der Waals surface area contributed by atoms with Crippen LogP contribution in [0, 0.1) is 0 Å². The molecule has 0 saturated carbocycles. The molecule has 0 radical (unpaired) electrons. The van der Waals surface area contributed by atoms with Gasteiger partial charge in [-0.1, -0.05) is 32.0 Å². The lowest BCUT2D eigenvalue weighted by Gasteiger charge is -2.25. The van der Waals surface area contributed by atoms with Crippen LogP contribution in [0.2, 0.25) is 0 Å². The molecule has 5 heteroatoms. The maximum atomic E-state index is 11.2. The fraction of sp³-hybridized carbons (Fsp3) is 0.333. The van der Waals surface area contributed by atoms with Crippen molar-refractivity contribution in [3.8, 4) is 0 Å². The molecule has 0 amide bonds. The quantitative estimate of drug-likeness (QED) is 0.864. The number of fused-ring (bicyclic) bond motifs is 1. The summed E-state index contributed by atoms with van der Waals surface area (Å²) in [4.78, 5) is 16.5. The Morgan fingerprint density at radius 1 is 1.35 bits per heavy atom. The Labute approximate surface area is 141 Å². The van der Waals surface area contributed by atoms with Gasteiger partial charge < -0.3 is 10.4 Å². The number of rotatable bonds is 4. The van der Waals surface area contributed by atoms with Crippen molar-refractivity contribution in [2.75, 3.05) is 17.6 Å². The van der Waals surface area contributed by atoms with Crippen molar-refractivity contribution in [1.29, 1.82) is 0 Å². The minimum absolute atomic E-state index is 0.267. The standard InChI is InChI=1S/C16H16N2O2S.C2H6/c19-16(20)13-5-7-17-10-14(13)18-9-11-6-8-21-15-4-2-1-3-12(11)15;1-2/h1-5,7,10-11,18H,6,8-9H2,(H,19,20);1-2H3. The largest absolute Gasteiger partial charge is 0.478 e. The summed E-state index contributed by atoms with van der Waals surface area (Å²) in [5.41, 5.74) is 2.20. The Kier molecular flexibility index (Phi) is 6.47. The number of nitrogens with one attached hydrogen (secondary N) is 1. The van der Waals surface area contributed by atoms with Crippen LogP contribution in [0.1, 0.15) is 42.1 Å². The average Bonchev–Trinajstić information content (AvgIpc) is 2.62. The van der Waals surface area contributed by atoms with Gasteiger partial charge in [-0.25, -0.2) is 4.79 Å². The van der Waals surface area contributed by atoms with E-state index in [0.29, 0.717) is 11.6 Å². The van der Waals surface area contributed by atoms with Crippen LogP contribution in [-0.4, -0.2) is 28.4 Å². The van der Waals surface area contributed by atoms with E-state index >= 15 is 0 Å². The van der Waals surface area contributed by atoms with E-state index in [4.69, 9.17) is 0 Å². The molecule has 1 unspecified atom stereocenters. The Hall–Kier alpha value is -2.01. The van der Waals surface area contributed by atoms with Gasteiger partial charge in [-0.2, -0.15) is 0 Å². The summed E-state index contributed by atoms with van der Waals surface area (Å²) < 4.78 is 0. The number of carboxylic acid groups (broad SMARTS) is 1. The Morgan fingerprint density at radius 3 is 2.91 bits per heavy atom. The third-order valence-corrected chi connectivity index (χ3v) is 4.80. The second-order valence-corrected chi connectivity index (χ2v) is 6.12. The molecule has 4 nitrogen and oxygen atoms in total. The van der Waals surface area contributed by atoms with Gasteiger partial charge >= 0.3 is 5.97 Å². The number of hydrogen-bond donors (Lipinski definition) is 2. The van der Waals surface area contributed by atoms with Crippen molar-refractivity contribution in [2.45, 2.75) is 31.1 Å². The molecule has 2 heterocycles. The van der Waals surface area contributed by atoms with Gasteiger partial charge in [0.2, 0.25) is 0 Å². The predicted molar refractivity (Wildman–Crippen MR) is 95.6 cm³/mol. The molecule has 1 atom stereocenters. The third-order valence-electron chi connectivity index (χ3n) is 3.67. The van der Waals surface area contributed by atoms with E-state index in [-0.39, 0.29) is 5.56 Å². The molecule has 2 N–H and O–H groups in total. The fourth-order valence-electron chi connectivity index (χ4n) is 2.58. The summed E-state index contributed by atoms with van der Waals surface area (Å²) in [5.74, 6) is 0.575. The number of carboxylic acids is 1. The van der Waals surface area contributed by atoms with E-state index in [1.165, 1.54) is 22.7 Å². The molecular formula is C18H22N2O2S. The minimum atomic E-state index is -0.931. The number of nitrogens with zero attached hydrogens (tertiary/aromatic N) is 1. The zero-order chi connectivity index (χ0) is 16.7. The van der Waals surface area contributed by atoms with Crippen molar-refractivity contribution in [1.82, 2.24) is 4.98 Å². The minimum Gasteiger partial charge on any atom is -0.478 e. The van der Waals surface area contributed by atoms with Crippen LogP contribution in [0.15, 0.2) is 47.6 Å². The Bertz CT molecular complexity index is 661. The first-order chi connectivity index (χ1) is 11.3. The van der Waals surface area contributed by atoms with E-state index in [1.54, 1.807) is 6.20 Å². The maximum absolute atomic E-state index is 11.2. The van der Waals surface area contributed by atoms with Gasteiger partial charge in [-0.05, 0) is 29.9 Å². The van der Waals surface area contributed by atoms with Crippen molar-refractivity contribution in [3.63, 3.8) is 0 Å². The summed E-state index contributed by atoms with van der Waals surface area (Å²) in [6, 6.07) is 9.96. The number of anilines is 1. The van der Waals surface area contributed by atoms with Crippen LogP contribution < -0.4 is 5.32 Å². The van der Waals surface area contributed by atoms with Crippen molar-refractivity contribution >= 4 is 23.4 Å². The molecule has 1 aromatic heterocycles. The van der Waals surface area contributed by atoms with E-state index in [2.05, 4.69) is 34.6 Å². The fourth-order valence-corrected chi connectivity index (χ4v) is 3.78. The number of aromatic carboxylic acids is 1. The summed E-state index contributed by atoms with van der Waals surface area (Å²) in [7, 11) is 0. The monoisotopic (exact) mass is 330 g/mol. The molecule has 2 aromatic rings. The summed E-state index contributed by atoms with van der Waals surface area (Å²) >= 11 is 1.89. The van der Waals surface area contributed by atoms with Gasteiger partial charge in [0.05, 0.1) is 17.4 Å². The first-order valence-corrected chi connectivity index (χ1v) is 8.87. The number of carbonyl (C=O) groups is 1. The van der Waals surface area contributed by atoms with E-state index in [9.17, 15) is 9.90 Å². The second kappa shape index (κ2) is 8.58. The highest BCUT2D eigenvalue weighted by molar-refractivity contribution is 7.99. The molecule has 3 rings (SSSR count). The summed E-state index contributed by atoms with van der Waals surface area (Å²) in [5, 5.41) is 12.4. The summed E-state index contributed by atoms with van der Waals surface area (Å²) in [6.07, 6.45) is 4.17. The lowest BCUT2D eigenvalue weighted by atomic mass is 9.95. The Balaban J connectivity index is 0.000000924. The highest BCUT2D eigenvalue weighted by Crippen LogP contribution is 2.37. The highest BCUT2D eigenvalue weighted by Gasteiger charge is 2.20. The maximum Gasteiger partial charge on any atom is 0.337 e. The first kappa shape index (κ1) is 17.3. The number of thioether (sulfide) groups is 1. The second-order valence-electron chi connectivity index (χ2n) is 4.98. The van der Waals surface area contributed by atoms with Crippen LogP contribution >= 0.6 is 11.8 Å². The van der Waals surface area contributed by atoms with Gasteiger partial charge in [0, 0.05) is 23.6 Å². The van der Waals surface area contributed by atoms with E-state index in [0.717, 1.165) is 18.7 Å². The smallest absolute Gasteiger partial charge is 0.337 e. The molecule has 0 bridgehead atoms. The zero-order valence-corrected chi connectivity index (χ0v) is 14.3.